The van der Waals surface area contributed by atoms with Crippen molar-refractivity contribution in [3.05, 3.63) is 406 Å². The van der Waals surface area contributed by atoms with Gasteiger partial charge in [-0.3, -0.25) is 0 Å². The Morgan fingerprint density at radius 3 is 0.793 bits per heavy atom. The molecule has 0 atom stereocenters. The molecule has 0 radical (unpaired) electrons. The minimum absolute atomic E-state index is 0.563. The molecule has 0 spiro atoms. The van der Waals surface area contributed by atoms with Crippen LogP contribution in [0.3, 0.4) is 0 Å². The Hall–Kier alpha value is -11.3. The molecule has 2 aliphatic rings. The maximum atomic E-state index is 2.51. The van der Waals surface area contributed by atoms with Crippen molar-refractivity contribution in [2.45, 2.75) is 38.5 Å². The normalized spacial score (nSPS) is 13.0. The highest BCUT2D eigenvalue weighted by Crippen LogP contribution is 2.60. The van der Waals surface area contributed by atoms with Gasteiger partial charge >= 0.3 is 0 Å². The van der Waals surface area contributed by atoms with Gasteiger partial charge in [0.05, 0.1) is 22.2 Å². The molecule has 16 rings (SSSR count). The van der Waals surface area contributed by atoms with E-state index in [1.165, 1.54) is 100 Å². The van der Waals surface area contributed by atoms with E-state index in [-0.39, 0.29) is 0 Å². The molecule has 2 heteroatoms. The maximum absolute atomic E-state index is 2.51. The van der Waals surface area contributed by atoms with E-state index in [9.17, 15) is 0 Å². The van der Waals surface area contributed by atoms with E-state index in [1.54, 1.807) is 0 Å². The van der Waals surface area contributed by atoms with E-state index in [0.29, 0.717) is 0 Å². The molecule has 92 heavy (non-hydrogen) atoms. The molecular formula is C90H68N2. The number of aryl methyl sites for hydroxylation is 4. The zero-order valence-corrected chi connectivity index (χ0v) is 52.2. The van der Waals surface area contributed by atoms with E-state index in [1.807, 2.05) is 0 Å². The topological polar surface area (TPSA) is 6.48 Å². The maximum Gasteiger partial charge on any atom is 0.0714 e. The summed E-state index contributed by atoms with van der Waals surface area (Å²) in [5.74, 6) is 0. The third-order valence-corrected chi connectivity index (χ3v) is 19.7. The minimum atomic E-state index is -0.563. The second-order valence-electron chi connectivity index (χ2n) is 24.9. The lowest BCUT2D eigenvalue weighted by atomic mass is 9.67. The SMILES string of the molecule is Cc1cc(N(c2ccc3c(c2)C(c2ccccc2)(c2ccccc2)c2ccccc2-3)c2ccccc2-c2ccccc2)cc(C)c1-c1c(C)cc(N(c2ccc3c(c2)C(c2ccccc2)(c2ccccc2)c2ccccc2-3)c2ccccc2-c2ccccc2)cc1C. The summed E-state index contributed by atoms with van der Waals surface area (Å²) in [6, 6.07) is 126. The average Bonchev–Trinajstić information content (AvgIpc) is 1.54. The number of anilines is 6. The van der Waals surface area contributed by atoms with E-state index in [2.05, 4.69) is 377 Å². The van der Waals surface area contributed by atoms with Crippen molar-refractivity contribution < 1.29 is 0 Å². The molecule has 0 aliphatic heterocycles. The van der Waals surface area contributed by atoms with E-state index >= 15 is 0 Å². The number of hydrogen-bond donors (Lipinski definition) is 0. The lowest BCUT2D eigenvalue weighted by molar-refractivity contribution is 0.768. The highest BCUT2D eigenvalue weighted by Gasteiger charge is 2.48. The molecule has 2 aliphatic carbocycles. The molecule has 0 fully saturated rings. The molecule has 0 N–H and O–H groups in total. The van der Waals surface area contributed by atoms with Gasteiger partial charge in [-0.25, -0.2) is 0 Å². The van der Waals surface area contributed by atoms with Crippen LogP contribution in [-0.4, -0.2) is 0 Å². The van der Waals surface area contributed by atoms with Gasteiger partial charge in [0.15, 0.2) is 0 Å². The van der Waals surface area contributed by atoms with Crippen molar-refractivity contribution in [2.75, 3.05) is 9.80 Å². The predicted octanol–water partition coefficient (Wildman–Crippen LogP) is 23.6. The lowest BCUT2D eigenvalue weighted by Crippen LogP contribution is -2.28. The highest BCUT2D eigenvalue weighted by atomic mass is 15.2. The minimum Gasteiger partial charge on any atom is -0.310 e. The molecule has 0 bridgehead atoms. The van der Waals surface area contributed by atoms with Gasteiger partial charge in [-0.2, -0.15) is 0 Å². The van der Waals surface area contributed by atoms with Crippen molar-refractivity contribution in [3.8, 4) is 55.6 Å². The van der Waals surface area contributed by atoms with Crippen molar-refractivity contribution in [1.82, 2.24) is 0 Å². The molecule has 2 nitrogen and oxygen atoms in total. The second kappa shape index (κ2) is 22.9. The molecule has 0 unspecified atom stereocenters. The number of fused-ring (bicyclic) bond motifs is 6. The van der Waals surface area contributed by atoms with Gasteiger partial charge in [0, 0.05) is 33.9 Å². The summed E-state index contributed by atoms with van der Waals surface area (Å²) in [7, 11) is 0. The second-order valence-corrected chi connectivity index (χ2v) is 24.9. The molecule has 14 aromatic rings. The van der Waals surface area contributed by atoms with Crippen LogP contribution < -0.4 is 9.80 Å². The average molecular weight is 1180 g/mol. The summed E-state index contributed by atoms with van der Waals surface area (Å²) in [6.07, 6.45) is 0. The van der Waals surface area contributed by atoms with Gasteiger partial charge in [0.1, 0.15) is 0 Å². The monoisotopic (exact) mass is 1180 g/mol. The fraction of sp³-hybridized carbons (Fsp3) is 0.0667. The van der Waals surface area contributed by atoms with Crippen molar-refractivity contribution in [2.24, 2.45) is 0 Å². The Balaban J connectivity index is 0.872. The number of nitrogens with zero attached hydrogens (tertiary/aromatic N) is 2. The Bertz CT molecular complexity index is 4630. The molecule has 438 valence electrons. The van der Waals surface area contributed by atoms with Gasteiger partial charge in [-0.05, 0) is 200 Å². The summed E-state index contributed by atoms with van der Waals surface area (Å²) in [4.78, 5) is 5.03. The van der Waals surface area contributed by atoms with Crippen molar-refractivity contribution in [3.63, 3.8) is 0 Å². The van der Waals surface area contributed by atoms with Crippen molar-refractivity contribution in [1.29, 1.82) is 0 Å². The Labute approximate surface area is 541 Å². The molecule has 0 saturated carbocycles. The quantitative estimate of drug-likeness (QED) is 0.114. The first kappa shape index (κ1) is 56.0. The van der Waals surface area contributed by atoms with Crippen LogP contribution in [0, 0.1) is 27.7 Å². The van der Waals surface area contributed by atoms with Crippen LogP contribution in [0.25, 0.3) is 55.6 Å². The first-order valence-electron chi connectivity index (χ1n) is 32.2. The van der Waals surface area contributed by atoms with E-state index < -0.39 is 10.8 Å². The summed E-state index contributed by atoms with van der Waals surface area (Å²) in [5, 5.41) is 0. The fourth-order valence-corrected chi connectivity index (χ4v) is 16.0. The third-order valence-electron chi connectivity index (χ3n) is 19.7. The number of para-hydroxylation sites is 2. The van der Waals surface area contributed by atoms with Crippen LogP contribution in [0.2, 0.25) is 0 Å². The van der Waals surface area contributed by atoms with Crippen LogP contribution in [0.5, 0.6) is 0 Å². The zero-order valence-electron chi connectivity index (χ0n) is 52.2. The molecule has 0 heterocycles. The molecular weight excluding hydrogens is 1110 g/mol. The zero-order chi connectivity index (χ0) is 61.9. The fourth-order valence-electron chi connectivity index (χ4n) is 16.0. The third kappa shape index (κ3) is 8.92. The van der Waals surface area contributed by atoms with E-state index in [0.717, 1.165) is 56.4 Å². The molecule has 14 aromatic carbocycles. The Morgan fingerprint density at radius 2 is 0.467 bits per heavy atom. The lowest BCUT2D eigenvalue weighted by Gasteiger charge is -2.35. The first-order valence-corrected chi connectivity index (χ1v) is 32.2. The number of rotatable bonds is 13. The van der Waals surface area contributed by atoms with Gasteiger partial charge in [-0.15, -0.1) is 0 Å². The van der Waals surface area contributed by atoms with Gasteiger partial charge < -0.3 is 9.80 Å². The predicted molar refractivity (Wildman–Crippen MR) is 386 cm³/mol. The first-order chi connectivity index (χ1) is 45.3. The van der Waals surface area contributed by atoms with Crippen LogP contribution in [0.15, 0.2) is 340 Å². The summed E-state index contributed by atoms with van der Waals surface area (Å²) in [6.45, 7) is 9.25. The van der Waals surface area contributed by atoms with E-state index in [4.69, 9.17) is 0 Å². The van der Waals surface area contributed by atoms with Gasteiger partial charge in [0.2, 0.25) is 0 Å². The largest absolute Gasteiger partial charge is 0.310 e. The Kier molecular flexibility index (Phi) is 13.9. The highest BCUT2D eigenvalue weighted by molar-refractivity contribution is 5.96. The molecule has 0 saturated heterocycles. The number of benzene rings is 14. The van der Waals surface area contributed by atoms with Crippen molar-refractivity contribution >= 4 is 34.1 Å². The van der Waals surface area contributed by atoms with Crippen LogP contribution in [0.1, 0.15) is 66.8 Å². The number of hydrogen-bond acceptors (Lipinski definition) is 2. The molecule has 0 aromatic heterocycles. The summed E-state index contributed by atoms with van der Waals surface area (Å²) >= 11 is 0. The summed E-state index contributed by atoms with van der Waals surface area (Å²) in [5.41, 5.74) is 32.6. The smallest absolute Gasteiger partial charge is 0.0714 e. The van der Waals surface area contributed by atoms with Crippen LogP contribution in [-0.2, 0) is 10.8 Å². The Morgan fingerprint density at radius 1 is 0.207 bits per heavy atom. The van der Waals surface area contributed by atoms with Gasteiger partial charge in [0.25, 0.3) is 0 Å². The van der Waals surface area contributed by atoms with Gasteiger partial charge in [-0.1, -0.05) is 279 Å². The van der Waals surface area contributed by atoms with Crippen LogP contribution in [0.4, 0.5) is 34.1 Å². The summed E-state index contributed by atoms with van der Waals surface area (Å²) < 4.78 is 0. The molecule has 0 amide bonds. The van der Waals surface area contributed by atoms with Crippen LogP contribution >= 0.6 is 0 Å². The standard InChI is InChI=1S/C90H68N2/c1-61-55-73(91(85-49-29-25-43-75(85)65-31-11-5-12-32-65)71-51-53-79-77-45-23-27-47-81(77)89(83(79)59-71,67-35-15-7-16-36-67)68-37-17-8-18-38-68)56-62(2)87(61)88-63(3)57-74(58-64(88)4)92(86-50-30-26-44-76(86)66-33-13-6-14-34-66)72-52-54-80-78-46-24-28-48-82(78)90(84(80)60-72,69-39-19-9-20-40-69)70-41-21-10-22-42-70/h5-60H,1-4H3.